The summed E-state index contributed by atoms with van der Waals surface area (Å²) in [7, 11) is 0. The summed E-state index contributed by atoms with van der Waals surface area (Å²) < 4.78 is 0. The van der Waals surface area contributed by atoms with Crippen molar-refractivity contribution in [3.63, 3.8) is 0 Å². The number of aliphatic imine (C=N–C) groups is 1. The molecule has 138 valence electrons. The summed E-state index contributed by atoms with van der Waals surface area (Å²) in [5.74, 6) is -1.64. The van der Waals surface area contributed by atoms with Gasteiger partial charge in [0.1, 0.15) is 11.0 Å². The van der Waals surface area contributed by atoms with Gasteiger partial charge in [-0.2, -0.15) is 0 Å². The Bertz CT molecular complexity index is 940. The van der Waals surface area contributed by atoms with Crippen LogP contribution in [0, 0.1) is 0 Å². The molecule has 1 amide bonds. The van der Waals surface area contributed by atoms with E-state index in [0.29, 0.717) is 16.8 Å². The van der Waals surface area contributed by atoms with E-state index in [1.54, 1.807) is 30.3 Å². The first kappa shape index (κ1) is 18.4. The third kappa shape index (κ3) is 4.43. The zero-order valence-corrected chi connectivity index (χ0v) is 15.0. The smallest absolute Gasteiger partial charge is 0.305 e. The summed E-state index contributed by atoms with van der Waals surface area (Å²) in [5, 5.41) is 13.3. The fraction of sp³-hybridized carbons (Fsp3) is 0.125. The summed E-state index contributed by atoms with van der Waals surface area (Å²) in [5.41, 5.74) is 13.9. The highest BCUT2D eigenvalue weighted by Gasteiger charge is 2.32. The Morgan fingerprint density at radius 3 is 2.52 bits per heavy atom. The Balaban J connectivity index is 1.83. The van der Waals surface area contributed by atoms with Crippen LogP contribution in [-0.2, 0) is 4.79 Å². The van der Waals surface area contributed by atoms with E-state index in [2.05, 4.69) is 35.8 Å². The van der Waals surface area contributed by atoms with Crippen molar-refractivity contribution < 1.29 is 4.79 Å². The van der Waals surface area contributed by atoms with E-state index < -0.39 is 5.91 Å². The molecular formula is C16H16ClN9O. The largest absolute Gasteiger partial charge is 0.383 e. The minimum atomic E-state index is -1.68. The number of hydrogen-bond acceptors (Lipinski definition) is 9. The molecular weight excluding hydrogens is 370 g/mol. The highest BCUT2D eigenvalue weighted by molar-refractivity contribution is 6.40. The minimum absolute atomic E-state index is 0.0847. The van der Waals surface area contributed by atoms with E-state index in [-0.39, 0.29) is 22.8 Å². The van der Waals surface area contributed by atoms with Gasteiger partial charge in [-0.05, 0) is 23.8 Å². The third-order valence-corrected chi connectivity index (χ3v) is 3.68. The molecule has 1 aliphatic heterocycles. The Morgan fingerprint density at radius 1 is 1.26 bits per heavy atom. The van der Waals surface area contributed by atoms with Crippen molar-refractivity contribution in [2.75, 3.05) is 5.32 Å². The normalized spacial score (nSPS) is 19.6. The zero-order valence-electron chi connectivity index (χ0n) is 14.2. The molecule has 1 aliphatic rings. The summed E-state index contributed by atoms with van der Waals surface area (Å²) in [4.78, 5) is 23.1. The van der Waals surface area contributed by atoms with Crippen LogP contribution in [0.1, 0.15) is 12.5 Å². The molecule has 0 saturated heterocycles. The average Bonchev–Trinajstić information content (AvgIpc) is 2.61. The standard InChI is InChI=1S/C16H16ClN9O/c1-9(27)22-11-5-3-10(4-6-11)12-13(17)23-16(19,24-14(12)18)26-25-15-20-7-2-8-21-15/h2-8,23H,19H2,1H3,(H2,18,24)(H,22,27). The quantitative estimate of drug-likeness (QED) is 0.463. The maximum Gasteiger partial charge on any atom is 0.305 e. The molecule has 10 nitrogen and oxygen atoms in total. The van der Waals surface area contributed by atoms with E-state index in [1.807, 2.05) is 0 Å². The lowest BCUT2D eigenvalue weighted by atomic mass is 10.0. The van der Waals surface area contributed by atoms with Crippen LogP contribution in [0.4, 0.5) is 11.6 Å². The molecule has 27 heavy (non-hydrogen) atoms. The Hall–Kier alpha value is -3.37. The van der Waals surface area contributed by atoms with Crippen molar-refractivity contribution in [2.24, 2.45) is 26.7 Å². The van der Waals surface area contributed by atoms with Gasteiger partial charge in [0.15, 0.2) is 0 Å². The van der Waals surface area contributed by atoms with Gasteiger partial charge >= 0.3 is 5.91 Å². The van der Waals surface area contributed by atoms with Crippen molar-refractivity contribution in [1.29, 1.82) is 0 Å². The third-order valence-electron chi connectivity index (χ3n) is 3.40. The number of amidine groups is 1. The average molecular weight is 386 g/mol. The van der Waals surface area contributed by atoms with Crippen LogP contribution >= 0.6 is 11.6 Å². The number of anilines is 1. The first-order valence-electron chi connectivity index (χ1n) is 7.77. The molecule has 1 unspecified atom stereocenters. The fourth-order valence-corrected chi connectivity index (χ4v) is 2.66. The molecule has 0 saturated carbocycles. The van der Waals surface area contributed by atoms with E-state index >= 15 is 0 Å². The van der Waals surface area contributed by atoms with Crippen molar-refractivity contribution in [1.82, 2.24) is 15.3 Å². The van der Waals surface area contributed by atoms with Crippen LogP contribution in [0.25, 0.3) is 5.57 Å². The van der Waals surface area contributed by atoms with Crippen molar-refractivity contribution in [3.8, 4) is 0 Å². The van der Waals surface area contributed by atoms with Gasteiger partial charge in [-0.3, -0.25) is 10.5 Å². The number of benzene rings is 1. The fourth-order valence-electron chi connectivity index (χ4n) is 2.31. The van der Waals surface area contributed by atoms with Crippen molar-refractivity contribution in [3.05, 3.63) is 53.4 Å². The van der Waals surface area contributed by atoms with E-state index in [0.717, 1.165) is 0 Å². The number of hydrogen-bond donors (Lipinski definition) is 4. The molecule has 0 bridgehead atoms. The summed E-state index contributed by atoms with van der Waals surface area (Å²) in [6, 6.07) is 8.58. The molecule has 0 spiro atoms. The molecule has 3 rings (SSSR count). The first-order chi connectivity index (χ1) is 12.9. The number of halogens is 1. The van der Waals surface area contributed by atoms with Gasteiger partial charge in [0.25, 0.3) is 5.95 Å². The number of azo groups is 1. The number of nitrogens with zero attached hydrogens (tertiary/aromatic N) is 5. The predicted molar refractivity (Wildman–Crippen MR) is 102 cm³/mol. The second-order valence-corrected chi connectivity index (χ2v) is 5.92. The molecule has 0 radical (unpaired) electrons. The lowest BCUT2D eigenvalue weighted by molar-refractivity contribution is -0.114. The number of amides is 1. The number of nitrogens with one attached hydrogen (secondary N) is 2. The highest BCUT2D eigenvalue weighted by atomic mass is 35.5. The lowest BCUT2D eigenvalue weighted by Crippen LogP contribution is -2.52. The van der Waals surface area contributed by atoms with E-state index in [9.17, 15) is 4.79 Å². The molecule has 11 heteroatoms. The van der Waals surface area contributed by atoms with Gasteiger partial charge in [-0.15, -0.1) is 10.2 Å². The molecule has 2 aromatic rings. The molecule has 6 N–H and O–H groups in total. The van der Waals surface area contributed by atoms with Gasteiger partial charge < -0.3 is 16.4 Å². The van der Waals surface area contributed by atoms with E-state index in [1.165, 1.54) is 19.3 Å². The minimum Gasteiger partial charge on any atom is -0.383 e. The summed E-state index contributed by atoms with van der Waals surface area (Å²) in [6.45, 7) is 1.43. The second-order valence-electron chi connectivity index (χ2n) is 5.54. The topological polar surface area (TPSA) is 156 Å². The van der Waals surface area contributed by atoms with Crippen molar-refractivity contribution >= 4 is 40.6 Å². The number of rotatable bonds is 4. The number of nitrogens with two attached hydrogens (primary N) is 2. The van der Waals surface area contributed by atoms with Gasteiger partial charge in [-0.25, -0.2) is 15.0 Å². The molecule has 1 aromatic heterocycles. The predicted octanol–water partition coefficient (Wildman–Crippen LogP) is 1.66. The van der Waals surface area contributed by atoms with Crippen molar-refractivity contribution in [2.45, 2.75) is 12.8 Å². The van der Waals surface area contributed by atoms with Gasteiger partial charge in [-0.1, -0.05) is 23.7 Å². The number of carbonyl (C=O) groups is 1. The van der Waals surface area contributed by atoms with Crippen LogP contribution < -0.4 is 22.1 Å². The van der Waals surface area contributed by atoms with Gasteiger partial charge in [0, 0.05) is 25.0 Å². The molecule has 0 fully saturated rings. The Labute approximate surface area is 159 Å². The molecule has 0 aliphatic carbocycles. The Morgan fingerprint density at radius 2 is 1.93 bits per heavy atom. The van der Waals surface area contributed by atoms with E-state index in [4.69, 9.17) is 23.1 Å². The first-order valence-corrected chi connectivity index (χ1v) is 8.14. The van der Waals surface area contributed by atoms with Gasteiger partial charge in [0.2, 0.25) is 5.91 Å². The second kappa shape index (κ2) is 7.48. The highest BCUT2D eigenvalue weighted by Crippen LogP contribution is 2.27. The van der Waals surface area contributed by atoms with Crippen LogP contribution in [-0.4, -0.2) is 27.6 Å². The lowest BCUT2D eigenvalue weighted by Gasteiger charge is -2.27. The zero-order chi connectivity index (χ0) is 19.4. The Kier molecular flexibility index (Phi) is 5.10. The number of aromatic nitrogens is 2. The summed E-state index contributed by atoms with van der Waals surface area (Å²) >= 11 is 6.33. The molecule has 2 heterocycles. The van der Waals surface area contributed by atoms with Crippen LogP contribution in [0.3, 0.4) is 0 Å². The number of carbonyl (C=O) groups excluding carboxylic acids is 1. The molecule has 1 aromatic carbocycles. The SMILES string of the molecule is CC(=O)Nc1ccc(C2=C(Cl)NC(N)(N=Nc3ncccn3)N=C2N)cc1. The van der Waals surface area contributed by atoms with Crippen LogP contribution in [0.5, 0.6) is 0 Å². The molecule has 1 atom stereocenters. The van der Waals surface area contributed by atoms with Crippen LogP contribution in [0.2, 0.25) is 0 Å². The summed E-state index contributed by atoms with van der Waals surface area (Å²) in [6.07, 6.45) is 3.04. The monoisotopic (exact) mass is 385 g/mol. The maximum atomic E-state index is 11.1. The van der Waals surface area contributed by atoms with Gasteiger partial charge in [0.05, 0.1) is 5.57 Å². The maximum absolute atomic E-state index is 11.1. The van der Waals surface area contributed by atoms with Crippen LogP contribution in [0.15, 0.2) is 63.1 Å².